The van der Waals surface area contributed by atoms with E-state index in [4.69, 9.17) is 0 Å². The molecule has 0 aromatic heterocycles. The van der Waals surface area contributed by atoms with Gasteiger partial charge in [0, 0.05) is 5.92 Å². The molecule has 1 aliphatic carbocycles. The lowest BCUT2D eigenvalue weighted by Gasteiger charge is -2.26. The summed E-state index contributed by atoms with van der Waals surface area (Å²) in [5.41, 5.74) is 8.61. The van der Waals surface area contributed by atoms with Crippen LogP contribution in [0.1, 0.15) is 119 Å². The van der Waals surface area contributed by atoms with E-state index in [9.17, 15) is 4.79 Å². The van der Waals surface area contributed by atoms with E-state index in [2.05, 4.69) is 78.5 Å². The number of aldehydes is 1. The first-order chi connectivity index (χ1) is 16.2. The van der Waals surface area contributed by atoms with Crippen molar-refractivity contribution < 1.29 is 4.79 Å². The molecule has 0 radical (unpaired) electrons. The Hall–Kier alpha value is -1.89. The molecular formula is C33H52O. The van der Waals surface area contributed by atoms with Gasteiger partial charge in [-0.2, -0.15) is 0 Å². The van der Waals surface area contributed by atoms with Gasteiger partial charge in [0.2, 0.25) is 0 Å². The van der Waals surface area contributed by atoms with Crippen LogP contribution in [0.3, 0.4) is 0 Å². The third-order valence-electron chi connectivity index (χ3n) is 6.79. The number of carbonyl (C=O) groups excluding carboxylic acids is 1. The van der Waals surface area contributed by atoms with E-state index in [-0.39, 0.29) is 5.92 Å². The van der Waals surface area contributed by atoms with Gasteiger partial charge in [-0.1, -0.05) is 70.4 Å². The van der Waals surface area contributed by atoms with Crippen LogP contribution in [0, 0.1) is 11.8 Å². The van der Waals surface area contributed by atoms with Gasteiger partial charge in [-0.25, -0.2) is 0 Å². The zero-order chi connectivity index (χ0) is 25.3. The number of hydrogen-bond acceptors (Lipinski definition) is 1. The van der Waals surface area contributed by atoms with E-state index in [0.29, 0.717) is 5.92 Å². The van der Waals surface area contributed by atoms with E-state index in [1.54, 1.807) is 0 Å². The second kappa shape index (κ2) is 17.5. The largest absolute Gasteiger partial charge is 0.303 e. The van der Waals surface area contributed by atoms with Gasteiger partial charge in [-0.3, -0.25) is 0 Å². The monoisotopic (exact) mass is 464 g/mol. The minimum Gasteiger partial charge on any atom is -0.303 e. The minimum atomic E-state index is 0.201. The standard InChI is InChI=1S/C33H52O/c1-26(2)12-8-14-28(5)16-10-17-30(7)20-21-32-22-31(23-33(24-32)25-34)19-11-18-29(6)15-9-13-27(3)4/h12-13,16,18,22,25,32-33H,7-11,14-15,17,19-21,23-24H2,1-6H3/b28-16+,29-18+/t32-,33-/m0/s1. The molecule has 0 fully saturated rings. The lowest BCUT2D eigenvalue weighted by atomic mass is 9.79. The average Bonchev–Trinajstić information content (AvgIpc) is 2.77. The summed E-state index contributed by atoms with van der Waals surface area (Å²) in [6.07, 6.45) is 26.3. The maximum atomic E-state index is 11.6. The maximum absolute atomic E-state index is 11.6. The van der Waals surface area contributed by atoms with Crippen molar-refractivity contribution in [2.45, 2.75) is 119 Å². The fraction of sp³-hybridized carbons (Fsp3) is 0.606. The van der Waals surface area contributed by atoms with Crippen LogP contribution in [0.2, 0.25) is 0 Å². The van der Waals surface area contributed by atoms with Crippen LogP contribution in [0.25, 0.3) is 0 Å². The third kappa shape index (κ3) is 15.1. The molecule has 1 nitrogen and oxygen atoms in total. The quantitative estimate of drug-likeness (QED) is 0.164. The predicted octanol–water partition coefficient (Wildman–Crippen LogP) is 10.4. The molecule has 0 heterocycles. The molecule has 0 saturated carbocycles. The van der Waals surface area contributed by atoms with Crippen LogP contribution < -0.4 is 0 Å². The fourth-order valence-electron chi connectivity index (χ4n) is 4.69. The molecule has 0 aliphatic heterocycles. The smallest absolute Gasteiger partial charge is 0.123 e. The molecule has 2 atom stereocenters. The summed E-state index contributed by atoms with van der Waals surface area (Å²) in [4.78, 5) is 11.6. The van der Waals surface area contributed by atoms with E-state index in [1.165, 1.54) is 39.7 Å². The van der Waals surface area contributed by atoms with E-state index >= 15 is 0 Å². The van der Waals surface area contributed by atoms with Crippen LogP contribution in [0.15, 0.2) is 70.4 Å². The van der Waals surface area contributed by atoms with Crippen LogP contribution in [0.5, 0.6) is 0 Å². The Morgan fingerprint density at radius 3 is 1.94 bits per heavy atom. The van der Waals surface area contributed by atoms with E-state index < -0.39 is 0 Å². The van der Waals surface area contributed by atoms with Gasteiger partial charge in [0.05, 0.1) is 0 Å². The highest BCUT2D eigenvalue weighted by atomic mass is 16.1. The van der Waals surface area contributed by atoms with Gasteiger partial charge in [0.25, 0.3) is 0 Å². The van der Waals surface area contributed by atoms with Crippen LogP contribution >= 0.6 is 0 Å². The molecule has 0 N–H and O–H groups in total. The summed E-state index contributed by atoms with van der Waals surface area (Å²) in [5.74, 6) is 0.729. The summed E-state index contributed by atoms with van der Waals surface area (Å²) in [5, 5.41) is 0. The van der Waals surface area contributed by atoms with Gasteiger partial charge in [-0.15, -0.1) is 0 Å². The highest BCUT2D eigenvalue weighted by Crippen LogP contribution is 2.33. The first-order valence-electron chi connectivity index (χ1n) is 13.6. The van der Waals surface area contributed by atoms with E-state index in [1.807, 2.05) is 0 Å². The third-order valence-corrected chi connectivity index (χ3v) is 6.79. The van der Waals surface area contributed by atoms with Gasteiger partial charge in [-0.05, 0) is 125 Å². The fourth-order valence-corrected chi connectivity index (χ4v) is 4.69. The first kappa shape index (κ1) is 30.1. The highest BCUT2D eigenvalue weighted by Gasteiger charge is 2.21. The molecule has 0 aromatic rings. The zero-order valence-corrected chi connectivity index (χ0v) is 23.2. The van der Waals surface area contributed by atoms with Gasteiger partial charge in [0.1, 0.15) is 6.29 Å². The maximum Gasteiger partial charge on any atom is 0.123 e. The topological polar surface area (TPSA) is 17.1 Å². The second-order valence-electron chi connectivity index (χ2n) is 11.0. The van der Waals surface area contributed by atoms with Crippen LogP contribution in [-0.2, 0) is 4.79 Å². The van der Waals surface area contributed by atoms with Crippen LogP contribution in [-0.4, -0.2) is 6.29 Å². The molecule has 0 unspecified atom stereocenters. The number of hydrogen-bond donors (Lipinski definition) is 0. The molecule has 1 aliphatic rings. The number of rotatable bonds is 16. The van der Waals surface area contributed by atoms with Crippen molar-refractivity contribution in [2.24, 2.45) is 11.8 Å². The molecule has 0 aromatic carbocycles. The molecule has 0 spiro atoms. The number of allylic oxidation sites excluding steroid dienone is 11. The summed E-state index contributed by atoms with van der Waals surface area (Å²) in [6, 6.07) is 0. The molecule has 34 heavy (non-hydrogen) atoms. The SMILES string of the molecule is C=C(CC/C=C(\C)CCC=C(C)C)CC[C@H]1C=C(CC/C=C(\C)CCC=C(C)C)C[C@H](C=O)C1. The Labute approximate surface area is 211 Å². The van der Waals surface area contributed by atoms with Crippen molar-refractivity contribution in [1.29, 1.82) is 0 Å². The Balaban J connectivity index is 2.45. The Morgan fingerprint density at radius 2 is 1.38 bits per heavy atom. The van der Waals surface area contributed by atoms with Gasteiger partial charge in [0.15, 0.2) is 0 Å². The van der Waals surface area contributed by atoms with Gasteiger partial charge < -0.3 is 4.79 Å². The lowest BCUT2D eigenvalue weighted by Crippen LogP contribution is -2.16. The molecule has 0 amide bonds. The molecule has 0 bridgehead atoms. The first-order valence-corrected chi connectivity index (χ1v) is 13.6. The molecule has 190 valence electrons. The van der Waals surface area contributed by atoms with E-state index in [0.717, 1.165) is 77.0 Å². The van der Waals surface area contributed by atoms with Crippen LogP contribution in [0.4, 0.5) is 0 Å². The molecule has 0 saturated heterocycles. The number of carbonyl (C=O) groups is 1. The predicted molar refractivity (Wildman–Crippen MR) is 152 cm³/mol. The Bertz CT molecular complexity index is 775. The molecule has 1 rings (SSSR count). The Morgan fingerprint density at radius 1 is 0.824 bits per heavy atom. The zero-order valence-electron chi connectivity index (χ0n) is 23.2. The van der Waals surface area contributed by atoms with Crippen molar-refractivity contribution in [3.63, 3.8) is 0 Å². The minimum absolute atomic E-state index is 0.201. The highest BCUT2D eigenvalue weighted by molar-refractivity contribution is 5.55. The Kier molecular flexibility index (Phi) is 15.5. The summed E-state index contributed by atoms with van der Waals surface area (Å²) >= 11 is 0. The summed E-state index contributed by atoms with van der Waals surface area (Å²) in [7, 11) is 0. The average molecular weight is 465 g/mol. The van der Waals surface area contributed by atoms with Crippen molar-refractivity contribution in [2.75, 3.05) is 0 Å². The van der Waals surface area contributed by atoms with Crippen molar-refractivity contribution >= 4 is 6.29 Å². The van der Waals surface area contributed by atoms with Crippen molar-refractivity contribution in [1.82, 2.24) is 0 Å². The summed E-state index contributed by atoms with van der Waals surface area (Å²) < 4.78 is 0. The second-order valence-corrected chi connectivity index (χ2v) is 11.0. The normalized spacial score (nSPS) is 18.8. The summed E-state index contributed by atoms with van der Waals surface area (Å²) in [6.45, 7) is 17.5. The molecule has 1 heteroatoms. The van der Waals surface area contributed by atoms with Crippen molar-refractivity contribution in [3.05, 3.63) is 70.4 Å². The van der Waals surface area contributed by atoms with Crippen molar-refractivity contribution in [3.8, 4) is 0 Å². The lowest BCUT2D eigenvalue weighted by molar-refractivity contribution is -0.111. The molecular weight excluding hydrogens is 412 g/mol. The van der Waals surface area contributed by atoms with Gasteiger partial charge >= 0.3 is 0 Å².